The summed E-state index contributed by atoms with van der Waals surface area (Å²) < 4.78 is 5.63. The monoisotopic (exact) mass is 305 g/mol. The zero-order chi connectivity index (χ0) is 16.0. The first-order valence-corrected chi connectivity index (χ1v) is 7.37. The second-order valence-electron chi connectivity index (χ2n) is 5.62. The molecule has 0 aliphatic heterocycles. The van der Waals surface area contributed by atoms with Gasteiger partial charge in [-0.25, -0.2) is 4.98 Å². The fourth-order valence-corrected chi connectivity index (χ4v) is 2.75. The molecule has 2 aromatic carbocycles. The number of nitrogens with one attached hydrogen (secondary N) is 1. The summed E-state index contributed by atoms with van der Waals surface area (Å²) in [4.78, 5) is 19.7. The van der Waals surface area contributed by atoms with Crippen LogP contribution in [0, 0.1) is 6.92 Å². The Morgan fingerprint density at radius 1 is 1.17 bits per heavy atom. The van der Waals surface area contributed by atoms with Gasteiger partial charge in [0.2, 0.25) is 5.58 Å². The number of aryl methyl sites for hydroxylation is 1. The van der Waals surface area contributed by atoms with Gasteiger partial charge in [-0.2, -0.15) is 0 Å². The topological polar surface area (TPSA) is 84.9 Å². The lowest BCUT2D eigenvalue weighted by atomic mass is 10.1. The van der Waals surface area contributed by atoms with E-state index in [4.69, 9.17) is 10.2 Å². The van der Waals surface area contributed by atoms with Crippen LogP contribution in [0.15, 0.2) is 57.7 Å². The number of rotatable bonds is 2. The van der Waals surface area contributed by atoms with Crippen LogP contribution in [0.5, 0.6) is 0 Å². The molecule has 4 aromatic rings. The Bertz CT molecular complexity index is 1060. The quantitative estimate of drug-likeness (QED) is 0.596. The van der Waals surface area contributed by atoms with Gasteiger partial charge in [0.1, 0.15) is 16.9 Å². The summed E-state index contributed by atoms with van der Waals surface area (Å²) in [7, 11) is 0. The first kappa shape index (κ1) is 13.7. The average Bonchev–Trinajstić information content (AvgIpc) is 2.93. The summed E-state index contributed by atoms with van der Waals surface area (Å²) in [5.41, 5.74) is 9.34. The van der Waals surface area contributed by atoms with Crippen molar-refractivity contribution in [2.75, 3.05) is 0 Å². The van der Waals surface area contributed by atoms with Crippen molar-refractivity contribution >= 4 is 22.1 Å². The summed E-state index contributed by atoms with van der Waals surface area (Å²) in [5.74, 6) is 0.429. The SMILES string of the molecule is Cc1ccc2oc3c(=O)[nH]c(C(N)c4ccccc4)nc3c2c1. The number of nitrogens with two attached hydrogens (primary N) is 1. The minimum Gasteiger partial charge on any atom is -0.449 e. The van der Waals surface area contributed by atoms with Crippen LogP contribution in [-0.4, -0.2) is 9.97 Å². The first-order chi connectivity index (χ1) is 11.1. The Morgan fingerprint density at radius 3 is 2.74 bits per heavy atom. The van der Waals surface area contributed by atoms with Gasteiger partial charge in [0.05, 0.1) is 6.04 Å². The number of aromatic nitrogens is 2. The molecule has 0 radical (unpaired) electrons. The third-order valence-electron chi connectivity index (χ3n) is 3.95. The van der Waals surface area contributed by atoms with Crippen molar-refractivity contribution in [3.8, 4) is 0 Å². The molecule has 0 aliphatic rings. The van der Waals surface area contributed by atoms with Gasteiger partial charge in [-0.05, 0) is 24.6 Å². The lowest BCUT2D eigenvalue weighted by Crippen LogP contribution is -2.20. The Morgan fingerprint density at radius 2 is 1.96 bits per heavy atom. The third kappa shape index (κ3) is 2.22. The van der Waals surface area contributed by atoms with Crippen molar-refractivity contribution in [3.05, 3.63) is 75.8 Å². The van der Waals surface area contributed by atoms with Crippen LogP contribution in [0.3, 0.4) is 0 Å². The molecule has 0 bridgehead atoms. The molecule has 0 aliphatic carbocycles. The number of nitrogens with zero attached hydrogens (tertiary/aromatic N) is 1. The lowest BCUT2D eigenvalue weighted by molar-refractivity contribution is 0.657. The predicted molar refractivity (Wildman–Crippen MR) is 89.3 cm³/mol. The van der Waals surface area contributed by atoms with Gasteiger partial charge in [-0.3, -0.25) is 4.79 Å². The molecule has 4 rings (SSSR count). The molecule has 1 atom stereocenters. The van der Waals surface area contributed by atoms with Crippen molar-refractivity contribution in [1.82, 2.24) is 9.97 Å². The molecule has 23 heavy (non-hydrogen) atoms. The molecular formula is C18H15N3O2. The Kier molecular flexibility index (Phi) is 3.02. The average molecular weight is 305 g/mol. The standard InChI is InChI=1S/C18H15N3O2/c1-10-7-8-13-12(9-10)15-16(23-13)18(22)21-17(20-15)14(19)11-5-3-2-4-6-11/h2-9,14H,19H2,1H3,(H,20,21,22). The molecule has 114 valence electrons. The molecule has 0 saturated heterocycles. The molecule has 5 heteroatoms. The third-order valence-corrected chi connectivity index (χ3v) is 3.95. The van der Waals surface area contributed by atoms with E-state index >= 15 is 0 Å². The van der Waals surface area contributed by atoms with E-state index in [-0.39, 0.29) is 11.1 Å². The van der Waals surface area contributed by atoms with Gasteiger partial charge in [-0.15, -0.1) is 0 Å². The summed E-state index contributed by atoms with van der Waals surface area (Å²) in [6, 6.07) is 14.8. The Hall–Kier alpha value is -2.92. The van der Waals surface area contributed by atoms with E-state index in [2.05, 4.69) is 9.97 Å². The summed E-state index contributed by atoms with van der Waals surface area (Å²) >= 11 is 0. The zero-order valence-electron chi connectivity index (χ0n) is 12.5. The van der Waals surface area contributed by atoms with Crippen LogP contribution in [0.2, 0.25) is 0 Å². The van der Waals surface area contributed by atoms with Gasteiger partial charge in [0.15, 0.2) is 0 Å². The van der Waals surface area contributed by atoms with Crippen LogP contribution in [0.25, 0.3) is 22.1 Å². The predicted octanol–water partition coefficient (Wildman–Crippen LogP) is 3.03. The number of hydrogen-bond acceptors (Lipinski definition) is 4. The molecule has 1 unspecified atom stereocenters. The molecule has 2 aromatic heterocycles. The van der Waals surface area contributed by atoms with E-state index in [0.717, 1.165) is 16.5 Å². The number of H-pyrrole nitrogens is 1. The number of hydrogen-bond donors (Lipinski definition) is 2. The Balaban J connectivity index is 1.97. The fourth-order valence-electron chi connectivity index (χ4n) is 2.75. The van der Waals surface area contributed by atoms with Crippen LogP contribution >= 0.6 is 0 Å². The second-order valence-corrected chi connectivity index (χ2v) is 5.62. The molecule has 2 heterocycles. The van der Waals surface area contributed by atoms with E-state index in [1.165, 1.54) is 0 Å². The first-order valence-electron chi connectivity index (χ1n) is 7.37. The summed E-state index contributed by atoms with van der Waals surface area (Å²) in [6.07, 6.45) is 0. The van der Waals surface area contributed by atoms with Gasteiger partial charge in [0.25, 0.3) is 5.56 Å². The summed E-state index contributed by atoms with van der Waals surface area (Å²) in [6.45, 7) is 1.99. The van der Waals surface area contributed by atoms with E-state index in [1.54, 1.807) is 0 Å². The van der Waals surface area contributed by atoms with Gasteiger partial charge in [0, 0.05) is 5.39 Å². The number of benzene rings is 2. The van der Waals surface area contributed by atoms with Crippen LogP contribution in [0.4, 0.5) is 0 Å². The molecular weight excluding hydrogens is 290 g/mol. The van der Waals surface area contributed by atoms with Crippen LogP contribution in [0.1, 0.15) is 23.0 Å². The molecule has 0 spiro atoms. The highest BCUT2D eigenvalue weighted by Gasteiger charge is 2.17. The van der Waals surface area contributed by atoms with Crippen molar-refractivity contribution in [1.29, 1.82) is 0 Å². The van der Waals surface area contributed by atoms with Gasteiger partial charge < -0.3 is 15.1 Å². The molecule has 0 saturated carbocycles. The van der Waals surface area contributed by atoms with E-state index < -0.39 is 6.04 Å². The largest absolute Gasteiger partial charge is 0.449 e. The second kappa shape index (κ2) is 5.07. The highest BCUT2D eigenvalue weighted by atomic mass is 16.3. The lowest BCUT2D eigenvalue weighted by Gasteiger charge is -2.10. The van der Waals surface area contributed by atoms with Crippen molar-refractivity contribution in [2.24, 2.45) is 5.73 Å². The van der Waals surface area contributed by atoms with Gasteiger partial charge >= 0.3 is 0 Å². The van der Waals surface area contributed by atoms with E-state index in [1.807, 2.05) is 55.5 Å². The minimum absolute atomic E-state index is 0.231. The highest BCUT2D eigenvalue weighted by molar-refractivity contribution is 6.02. The summed E-state index contributed by atoms with van der Waals surface area (Å²) in [5, 5.41) is 0.826. The van der Waals surface area contributed by atoms with Crippen LogP contribution in [-0.2, 0) is 0 Å². The normalized spacial score (nSPS) is 12.8. The smallest absolute Gasteiger partial charge is 0.294 e. The zero-order valence-corrected chi connectivity index (χ0v) is 12.5. The van der Waals surface area contributed by atoms with Crippen molar-refractivity contribution in [2.45, 2.75) is 13.0 Å². The van der Waals surface area contributed by atoms with Crippen LogP contribution < -0.4 is 11.3 Å². The number of fused-ring (bicyclic) bond motifs is 3. The number of furan rings is 1. The molecule has 0 fully saturated rings. The fraction of sp³-hybridized carbons (Fsp3) is 0.111. The van der Waals surface area contributed by atoms with Gasteiger partial charge in [-0.1, -0.05) is 42.0 Å². The Labute approximate surface area is 131 Å². The number of aromatic amines is 1. The van der Waals surface area contributed by atoms with Crippen molar-refractivity contribution < 1.29 is 4.42 Å². The maximum atomic E-state index is 12.3. The highest BCUT2D eigenvalue weighted by Crippen LogP contribution is 2.27. The van der Waals surface area contributed by atoms with E-state index in [0.29, 0.717) is 16.9 Å². The molecule has 5 nitrogen and oxygen atoms in total. The maximum Gasteiger partial charge on any atom is 0.294 e. The molecule has 3 N–H and O–H groups in total. The molecule has 0 amide bonds. The maximum absolute atomic E-state index is 12.3. The van der Waals surface area contributed by atoms with E-state index in [9.17, 15) is 4.79 Å². The van der Waals surface area contributed by atoms with Crippen molar-refractivity contribution in [3.63, 3.8) is 0 Å². The minimum atomic E-state index is -0.497.